The zero-order valence-electron chi connectivity index (χ0n) is 14.2. The largest absolute Gasteiger partial charge is 0.490 e. The van der Waals surface area contributed by atoms with Crippen molar-refractivity contribution in [1.29, 1.82) is 0 Å². The smallest absolute Gasteiger partial charge is 0.170 e. The van der Waals surface area contributed by atoms with Crippen molar-refractivity contribution in [3.05, 3.63) is 72.8 Å². The zero-order valence-corrected chi connectivity index (χ0v) is 15.9. The van der Waals surface area contributed by atoms with E-state index in [0.717, 1.165) is 35.9 Å². The van der Waals surface area contributed by atoms with E-state index in [0.29, 0.717) is 11.7 Å². The molecule has 5 heteroatoms. The minimum atomic E-state index is 0.509. The van der Waals surface area contributed by atoms with E-state index in [9.17, 15) is 0 Å². The van der Waals surface area contributed by atoms with E-state index in [1.807, 2.05) is 42.1 Å². The van der Waals surface area contributed by atoms with E-state index in [4.69, 9.17) is 17.0 Å². The highest BCUT2D eigenvalue weighted by Gasteiger charge is 1.99. The Morgan fingerprint density at radius 2 is 1.88 bits per heavy atom. The average Bonchev–Trinajstić information content (AvgIpc) is 2.65. The Bertz CT molecular complexity index is 645. The predicted molar refractivity (Wildman–Crippen MR) is 114 cm³/mol. The highest BCUT2D eigenvalue weighted by Crippen LogP contribution is 2.15. The van der Waals surface area contributed by atoms with Crippen LogP contribution in [-0.4, -0.2) is 24.0 Å². The van der Waals surface area contributed by atoms with Gasteiger partial charge in [0.1, 0.15) is 12.4 Å². The lowest BCUT2D eigenvalue weighted by Crippen LogP contribution is -2.29. The maximum Gasteiger partial charge on any atom is 0.170 e. The van der Waals surface area contributed by atoms with Crippen LogP contribution in [-0.2, 0) is 5.75 Å². The van der Waals surface area contributed by atoms with Gasteiger partial charge in [-0.1, -0.05) is 43.0 Å². The molecule has 0 unspecified atom stereocenters. The Hall–Kier alpha value is -1.98. The third-order valence-electron chi connectivity index (χ3n) is 3.34. The van der Waals surface area contributed by atoms with Crippen LogP contribution in [0.3, 0.4) is 0 Å². The van der Waals surface area contributed by atoms with Crippen molar-refractivity contribution in [2.45, 2.75) is 12.2 Å². The Morgan fingerprint density at radius 3 is 2.60 bits per heavy atom. The summed E-state index contributed by atoms with van der Waals surface area (Å²) in [4.78, 5) is 0. The fraction of sp³-hybridized carbons (Fsp3) is 0.250. The number of rotatable bonds is 10. The van der Waals surface area contributed by atoms with Crippen molar-refractivity contribution in [2.24, 2.45) is 0 Å². The van der Waals surface area contributed by atoms with E-state index >= 15 is 0 Å². The van der Waals surface area contributed by atoms with Gasteiger partial charge in [-0.25, -0.2) is 0 Å². The molecule has 0 aliphatic carbocycles. The number of benzene rings is 2. The maximum atomic E-state index is 5.45. The predicted octanol–water partition coefficient (Wildman–Crippen LogP) is 4.86. The first-order valence-electron chi connectivity index (χ1n) is 8.28. The van der Waals surface area contributed by atoms with E-state index < -0.39 is 0 Å². The Morgan fingerprint density at radius 1 is 1.12 bits per heavy atom. The Kier molecular flexibility index (Phi) is 8.94. The second kappa shape index (κ2) is 11.6. The van der Waals surface area contributed by atoms with Crippen LogP contribution in [0.4, 0.5) is 5.69 Å². The van der Waals surface area contributed by atoms with Crippen LogP contribution in [0.2, 0.25) is 0 Å². The highest BCUT2D eigenvalue weighted by molar-refractivity contribution is 7.98. The molecular weight excluding hydrogens is 348 g/mol. The lowest BCUT2D eigenvalue weighted by atomic mass is 10.2. The molecule has 0 fully saturated rings. The van der Waals surface area contributed by atoms with Gasteiger partial charge in [-0.05, 0) is 54.2 Å². The first-order chi connectivity index (χ1) is 12.3. The molecular formula is C20H24N2OS2. The lowest BCUT2D eigenvalue weighted by molar-refractivity contribution is 0.363. The SMILES string of the molecule is C=CCOc1ccc(NC(=S)NCCCSCc2ccccc2)cc1. The summed E-state index contributed by atoms with van der Waals surface area (Å²) in [6.07, 6.45) is 2.80. The molecule has 0 aromatic heterocycles. The fourth-order valence-electron chi connectivity index (χ4n) is 2.11. The summed E-state index contributed by atoms with van der Waals surface area (Å²) in [5.41, 5.74) is 2.32. The van der Waals surface area contributed by atoms with Gasteiger partial charge in [-0.3, -0.25) is 0 Å². The number of ether oxygens (including phenoxy) is 1. The minimum Gasteiger partial charge on any atom is -0.490 e. The molecule has 2 N–H and O–H groups in total. The molecule has 2 rings (SSSR count). The molecule has 0 amide bonds. The summed E-state index contributed by atoms with van der Waals surface area (Å²) >= 11 is 7.27. The Labute approximate surface area is 159 Å². The molecule has 0 atom stereocenters. The van der Waals surface area contributed by atoms with Crippen molar-refractivity contribution in [3.8, 4) is 5.75 Å². The van der Waals surface area contributed by atoms with Gasteiger partial charge < -0.3 is 15.4 Å². The lowest BCUT2D eigenvalue weighted by Gasteiger charge is -2.11. The maximum absolute atomic E-state index is 5.45. The number of hydrogen-bond donors (Lipinski definition) is 2. The number of hydrogen-bond acceptors (Lipinski definition) is 3. The summed E-state index contributed by atoms with van der Waals surface area (Å²) < 4.78 is 5.45. The number of thiocarbonyl (C=S) groups is 1. The van der Waals surface area contributed by atoms with Gasteiger partial charge in [-0.15, -0.1) is 0 Å². The highest BCUT2D eigenvalue weighted by atomic mass is 32.2. The van der Waals surface area contributed by atoms with Crippen LogP contribution in [0.5, 0.6) is 5.75 Å². The average molecular weight is 373 g/mol. The number of anilines is 1. The first-order valence-corrected chi connectivity index (χ1v) is 9.84. The van der Waals surface area contributed by atoms with Crippen LogP contribution in [0.15, 0.2) is 67.3 Å². The van der Waals surface area contributed by atoms with Crippen LogP contribution in [0.1, 0.15) is 12.0 Å². The van der Waals surface area contributed by atoms with Crippen LogP contribution in [0.25, 0.3) is 0 Å². The van der Waals surface area contributed by atoms with E-state index in [2.05, 4.69) is 41.5 Å². The molecule has 3 nitrogen and oxygen atoms in total. The summed E-state index contributed by atoms with van der Waals surface area (Å²) in [6.45, 7) is 5.01. The van der Waals surface area contributed by atoms with Gasteiger partial charge >= 0.3 is 0 Å². The monoisotopic (exact) mass is 372 g/mol. The third kappa shape index (κ3) is 8.09. The normalized spacial score (nSPS) is 10.1. The molecule has 0 spiro atoms. The van der Waals surface area contributed by atoms with E-state index in [1.165, 1.54) is 5.56 Å². The van der Waals surface area contributed by atoms with Crippen molar-refractivity contribution in [1.82, 2.24) is 5.32 Å². The van der Waals surface area contributed by atoms with Gasteiger partial charge in [-0.2, -0.15) is 11.8 Å². The zero-order chi connectivity index (χ0) is 17.7. The first kappa shape index (κ1) is 19.3. The quantitative estimate of drug-likeness (QED) is 0.353. The summed E-state index contributed by atoms with van der Waals surface area (Å²) in [6, 6.07) is 18.3. The van der Waals surface area contributed by atoms with Crippen LogP contribution < -0.4 is 15.4 Å². The summed E-state index contributed by atoms with van der Waals surface area (Å²) in [5, 5.41) is 7.07. The number of nitrogens with one attached hydrogen (secondary N) is 2. The topological polar surface area (TPSA) is 33.3 Å². The molecule has 0 radical (unpaired) electrons. The molecule has 0 heterocycles. The van der Waals surface area contributed by atoms with E-state index in [-0.39, 0.29) is 0 Å². The van der Waals surface area contributed by atoms with Crippen molar-refractivity contribution >= 4 is 34.8 Å². The molecule has 0 saturated heterocycles. The van der Waals surface area contributed by atoms with Gasteiger partial charge in [0.15, 0.2) is 5.11 Å². The molecule has 2 aromatic rings. The van der Waals surface area contributed by atoms with E-state index in [1.54, 1.807) is 6.08 Å². The molecule has 132 valence electrons. The second-order valence-electron chi connectivity index (χ2n) is 5.40. The minimum absolute atomic E-state index is 0.509. The van der Waals surface area contributed by atoms with Gasteiger partial charge in [0, 0.05) is 18.0 Å². The van der Waals surface area contributed by atoms with Gasteiger partial charge in [0.2, 0.25) is 0 Å². The fourth-order valence-corrected chi connectivity index (χ4v) is 3.25. The van der Waals surface area contributed by atoms with Crippen molar-refractivity contribution in [2.75, 3.05) is 24.2 Å². The molecule has 0 aliphatic heterocycles. The van der Waals surface area contributed by atoms with Crippen molar-refractivity contribution in [3.63, 3.8) is 0 Å². The van der Waals surface area contributed by atoms with Gasteiger partial charge in [0.05, 0.1) is 0 Å². The summed E-state index contributed by atoms with van der Waals surface area (Å²) in [7, 11) is 0. The number of thioether (sulfide) groups is 1. The Balaban J connectivity index is 1.56. The third-order valence-corrected chi connectivity index (χ3v) is 4.70. The summed E-state index contributed by atoms with van der Waals surface area (Å²) in [5.74, 6) is 2.99. The molecule has 0 saturated carbocycles. The standard InChI is InChI=1S/C20H24N2OS2/c1-2-14-23-19-11-9-18(10-12-19)22-20(24)21-13-6-15-25-16-17-7-4-3-5-8-17/h2-5,7-12H,1,6,13-16H2,(H2,21,22,24). The van der Waals surface area contributed by atoms with Crippen LogP contribution in [0, 0.1) is 0 Å². The van der Waals surface area contributed by atoms with Crippen molar-refractivity contribution < 1.29 is 4.74 Å². The van der Waals surface area contributed by atoms with Crippen LogP contribution >= 0.6 is 24.0 Å². The molecule has 0 bridgehead atoms. The van der Waals surface area contributed by atoms with Gasteiger partial charge in [0.25, 0.3) is 0 Å². The molecule has 2 aromatic carbocycles. The molecule has 25 heavy (non-hydrogen) atoms. The second-order valence-corrected chi connectivity index (χ2v) is 6.91. The molecule has 0 aliphatic rings.